The molecular formula is C20H30N4O2. The number of carbonyl (C=O) groups excluding carboxylic acids is 1. The van der Waals surface area contributed by atoms with E-state index in [-0.39, 0.29) is 17.6 Å². The molecule has 2 N–H and O–H groups in total. The number of allylic oxidation sites excluding steroid dienone is 3. The molecule has 2 heterocycles. The van der Waals surface area contributed by atoms with Gasteiger partial charge in [-0.2, -0.15) is 0 Å². The van der Waals surface area contributed by atoms with Crippen molar-refractivity contribution in [3.05, 3.63) is 47.6 Å². The van der Waals surface area contributed by atoms with Gasteiger partial charge in [0.1, 0.15) is 5.69 Å². The highest BCUT2D eigenvalue weighted by molar-refractivity contribution is 5.92. The molecule has 1 saturated heterocycles. The topological polar surface area (TPSA) is 78.4 Å². The molecule has 1 aromatic rings. The van der Waals surface area contributed by atoms with E-state index in [1.165, 1.54) is 29.7 Å². The highest BCUT2D eigenvalue weighted by atomic mass is 16.3. The lowest BCUT2D eigenvalue weighted by Crippen LogP contribution is -2.54. The zero-order chi connectivity index (χ0) is 18.9. The molecule has 142 valence electrons. The van der Waals surface area contributed by atoms with Crippen LogP contribution in [-0.2, 0) is 0 Å². The number of nitrogens with zero attached hydrogens (tertiary/aromatic N) is 3. The molecule has 0 aromatic carbocycles. The molecule has 0 radical (unpaired) electrons. The average Bonchev–Trinajstić information content (AvgIpc) is 2.62. The maximum Gasteiger partial charge on any atom is 0.271 e. The van der Waals surface area contributed by atoms with Gasteiger partial charge in [0.2, 0.25) is 0 Å². The summed E-state index contributed by atoms with van der Waals surface area (Å²) in [6.45, 7) is 8.64. The van der Waals surface area contributed by atoms with Crippen LogP contribution in [0.5, 0.6) is 0 Å². The van der Waals surface area contributed by atoms with Crippen LogP contribution in [0.15, 0.2) is 41.9 Å². The Balaban J connectivity index is 1.77. The summed E-state index contributed by atoms with van der Waals surface area (Å²) in [6.07, 6.45) is 11.2. The van der Waals surface area contributed by atoms with Gasteiger partial charge in [0.15, 0.2) is 0 Å². The third-order valence-electron chi connectivity index (χ3n) is 4.57. The first kappa shape index (κ1) is 20.3. The summed E-state index contributed by atoms with van der Waals surface area (Å²) in [5.41, 5.74) is 3.00. The number of amides is 1. The number of rotatable bonds is 7. The quantitative estimate of drug-likeness (QED) is 0.732. The Morgan fingerprint density at radius 3 is 2.81 bits per heavy atom. The van der Waals surface area contributed by atoms with Crippen LogP contribution in [0.4, 0.5) is 0 Å². The molecular weight excluding hydrogens is 328 g/mol. The zero-order valence-electron chi connectivity index (χ0n) is 16.0. The number of β-amino-alcohol motifs (C(OH)–C–C–N with tert-alkyl or cyclic N) is 1. The van der Waals surface area contributed by atoms with E-state index in [4.69, 9.17) is 0 Å². The van der Waals surface area contributed by atoms with Crippen LogP contribution in [0.2, 0.25) is 0 Å². The predicted molar refractivity (Wildman–Crippen MR) is 103 cm³/mol. The fourth-order valence-electron chi connectivity index (χ4n) is 2.97. The first-order valence-corrected chi connectivity index (χ1v) is 9.22. The molecule has 6 heteroatoms. The van der Waals surface area contributed by atoms with Crippen molar-refractivity contribution < 1.29 is 9.90 Å². The normalized spacial score (nSPS) is 21.3. The zero-order valence-corrected chi connectivity index (χ0v) is 16.0. The van der Waals surface area contributed by atoms with Crippen molar-refractivity contribution in [1.29, 1.82) is 0 Å². The van der Waals surface area contributed by atoms with E-state index in [0.29, 0.717) is 6.54 Å². The monoisotopic (exact) mass is 358 g/mol. The number of aromatic nitrogens is 2. The van der Waals surface area contributed by atoms with Gasteiger partial charge < -0.3 is 10.4 Å². The molecule has 0 bridgehead atoms. The molecule has 0 saturated carbocycles. The number of nitrogens with one attached hydrogen (secondary N) is 1. The van der Waals surface area contributed by atoms with E-state index >= 15 is 0 Å². The van der Waals surface area contributed by atoms with E-state index in [1.54, 1.807) is 0 Å². The van der Waals surface area contributed by atoms with E-state index in [0.717, 1.165) is 32.4 Å². The van der Waals surface area contributed by atoms with Crippen LogP contribution in [-0.4, -0.2) is 57.7 Å². The molecule has 0 spiro atoms. The van der Waals surface area contributed by atoms with Gasteiger partial charge in [-0.15, -0.1) is 0 Å². The Labute approximate surface area is 156 Å². The molecule has 1 amide bonds. The third kappa shape index (κ3) is 6.69. The molecule has 6 nitrogen and oxygen atoms in total. The lowest BCUT2D eigenvalue weighted by molar-refractivity contribution is 0.0420. The number of piperidine rings is 1. The minimum absolute atomic E-state index is 0.247. The minimum Gasteiger partial charge on any atom is -0.390 e. The molecule has 26 heavy (non-hydrogen) atoms. The summed E-state index contributed by atoms with van der Waals surface area (Å²) < 4.78 is 0. The highest BCUT2D eigenvalue weighted by Gasteiger charge is 2.28. The number of aliphatic hydroxyl groups excluding tert-OH is 1. The number of hydrogen-bond acceptors (Lipinski definition) is 5. The van der Waals surface area contributed by atoms with Crippen molar-refractivity contribution in [3.8, 4) is 0 Å². The number of carbonyl (C=O) groups is 1. The summed E-state index contributed by atoms with van der Waals surface area (Å²) in [7, 11) is 0. The van der Waals surface area contributed by atoms with Crippen molar-refractivity contribution in [2.24, 2.45) is 0 Å². The van der Waals surface area contributed by atoms with Crippen LogP contribution in [0.3, 0.4) is 0 Å². The van der Waals surface area contributed by atoms with Gasteiger partial charge in [0.25, 0.3) is 5.91 Å². The largest absolute Gasteiger partial charge is 0.390 e. The van der Waals surface area contributed by atoms with Gasteiger partial charge in [0, 0.05) is 32.0 Å². The standard InChI is InChI=1S/C20H30N4O2/c1-15(2)5-4-6-16(3)7-11-24-12-8-17(19(25)14-24)23-20(26)18-13-21-9-10-22-18/h5,7,9-10,13,17,19,25H,4,6,8,11-12,14H2,1-3H3,(H,23,26)/t17-,19-/m1/s1. The number of likely N-dealkylation sites (tertiary alicyclic amines) is 1. The summed E-state index contributed by atoms with van der Waals surface area (Å²) >= 11 is 0. The van der Waals surface area contributed by atoms with E-state index in [2.05, 4.69) is 53.1 Å². The highest BCUT2D eigenvalue weighted by Crippen LogP contribution is 2.13. The maximum absolute atomic E-state index is 12.2. The SMILES string of the molecule is CC(C)=CCCC(C)=CCN1CC[C@@H](NC(=O)c2cnccn2)[C@H](O)C1. The van der Waals surface area contributed by atoms with Gasteiger partial charge >= 0.3 is 0 Å². The average molecular weight is 358 g/mol. The number of hydrogen-bond donors (Lipinski definition) is 2. The van der Waals surface area contributed by atoms with Crippen molar-refractivity contribution in [2.45, 2.75) is 52.2 Å². The van der Waals surface area contributed by atoms with Crippen LogP contribution < -0.4 is 5.32 Å². The fourth-order valence-corrected chi connectivity index (χ4v) is 2.97. The van der Waals surface area contributed by atoms with Crippen molar-refractivity contribution in [1.82, 2.24) is 20.2 Å². The minimum atomic E-state index is -0.580. The van der Waals surface area contributed by atoms with Crippen LogP contribution >= 0.6 is 0 Å². The first-order valence-electron chi connectivity index (χ1n) is 9.22. The van der Waals surface area contributed by atoms with Gasteiger partial charge in [-0.05, 0) is 40.0 Å². The van der Waals surface area contributed by atoms with Crippen molar-refractivity contribution >= 4 is 5.91 Å². The second-order valence-corrected chi connectivity index (χ2v) is 7.16. The van der Waals surface area contributed by atoms with Gasteiger partial charge in [-0.25, -0.2) is 4.98 Å². The van der Waals surface area contributed by atoms with Crippen molar-refractivity contribution in [3.63, 3.8) is 0 Å². The molecule has 1 aliphatic heterocycles. The lowest BCUT2D eigenvalue weighted by atomic mass is 10.0. The van der Waals surface area contributed by atoms with Crippen LogP contribution in [0, 0.1) is 0 Å². The third-order valence-corrected chi connectivity index (χ3v) is 4.57. The second-order valence-electron chi connectivity index (χ2n) is 7.16. The molecule has 0 aliphatic carbocycles. The van der Waals surface area contributed by atoms with Crippen LogP contribution in [0.25, 0.3) is 0 Å². The van der Waals surface area contributed by atoms with E-state index < -0.39 is 6.10 Å². The Hall–Kier alpha value is -2.05. The predicted octanol–water partition coefficient (Wildman–Crippen LogP) is 2.33. The smallest absolute Gasteiger partial charge is 0.271 e. The molecule has 1 aliphatic rings. The second kappa shape index (κ2) is 10.2. The van der Waals surface area contributed by atoms with Crippen molar-refractivity contribution in [2.75, 3.05) is 19.6 Å². The van der Waals surface area contributed by atoms with Gasteiger partial charge in [-0.1, -0.05) is 23.3 Å². The Morgan fingerprint density at radius 2 is 2.15 bits per heavy atom. The summed E-state index contributed by atoms with van der Waals surface area (Å²) in [6, 6.07) is -0.247. The van der Waals surface area contributed by atoms with E-state index in [1.807, 2.05) is 0 Å². The molecule has 1 fully saturated rings. The van der Waals surface area contributed by atoms with E-state index in [9.17, 15) is 9.90 Å². The molecule has 0 unspecified atom stereocenters. The van der Waals surface area contributed by atoms with Gasteiger partial charge in [0.05, 0.1) is 18.3 Å². The van der Waals surface area contributed by atoms with Crippen LogP contribution in [0.1, 0.15) is 50.5 Å². The number of aliphatic hydroxyl groups is 1. The summed E-state index contributed by atoms with van der Waals surface area (Å²) in [5, 5.41) is 13.3. The Kier molecular flexibility index (Phi) is 7.94. The molecule has 1 aromatic heterocycles. The van der Waals surface area contributed by atoms with Gasteiger partial charge in [-0.3, -0.25) is 14.7 Å². The Morgan fingerprint density at radius 1 is 1.35 bits per heavy atom. The fraction of sp³-hybridized carbons (Fsp3) is 0.550. The first-order chi connectivity index (χ1) is 12.5. The lowest BCUT2D eigenvalue weighted by Gasteiger charge is -2.35. The Bertz CT molecular complexity index is 638. The molecule has 2 atom stereocenters. The summed E-state index contributed by atoms with van der Waals surface area (Å²) in [4.78, 5) is 22.3. The maximum atomic E-state index is 12.2. The summed E-state index contributed by atoms with van der Waals surface area (Å²) in [5.74, 6) is -0.286. The molecule has 2 rings (SSSR count).